The molecule has 1 aliphatic rings. The van der Waals surface area contributed by atoms with E-state index in [9.17, 15) is 10.1 Å². The van der Waals surface area contributed by atoms with Crippen molar-refractivity contribution in [1.29, 1.82) is 0 Å². The van der Waals surface area contributed by atoms with Crippen molar-refractivity contribution in [1.82, 2.24) is 0 Å². The molecule has 5 heteroatoms. The molecule has 0 aliphatic carbocycles. The second-order valence-corrected chi connectivity index (χ2v) is 3.71. The normalized spacial score (nSPS) is 13.9. The van der Waals surface area contributed by atoms with Crippen molar-refractivity contribution < 1.29 is 9.66 Å². The van der Waals surface area contributed by atoms with E-state index in [0.717, 1.165) is 5.09 Å². The Kier molecular flexibility index (Phi) is 2.41. The van der Waals surface area contributed by atoms with Gasteiger partial charge in [-0.1, -0.05) is 12.1 Å². The molecular formula is C9H7NO3S. The maximum atomic E-state index is 10.6. The molecule has 0 unspecified atom stereocenters. The first-order chi connectivity index (χ1) is 6.77. The van der Waals surface area contributed by atoms with Crippen LogP contribution in [0.1, 0.15) is 0 Å². The van der Waals surface area contributed by atoms with Crippen LogP contribution in [0.25, 0.3) is 0 Å². The van der Waals surface area contributed by atoms with Gasteiger partial charge in [-0.15, -0.1) is 0 Å². The minimum atomic E-state index is -0.387. The summed E-state index contributed by atoms with van der Waals surface area (Å²) < 4.78 is 5.07. The summed E-state index contributed by atoms with van der Waals surface area (Å²) in [6.07, 6.45) is 1.89. The summed E-state index contributed by atoms with van der Waals surface area (Å²) >= 11 is 1.28. The van der Waals surface area contributed by atoms with Crippen LogP contribution in [0.3, 0.4) is 0 Å². The molecule has 0 fully saturated rings. The molecule has 0 radical (unpaired) electrons. The van der Waals surface area contributed by atoms with Gasteiger partial charge in [0.15, 0.2) is 5.09 Å². The van der Waals surface area contributed by atoms with Gasteiger partial charge in [-0.2, -0.15) is 0 Å². The van der Waals surface area contributed by atoms with Crippen molar-refractivity contribution in [2.24, 2.45) is 0 Å². The Bertz CT molecular complexity index is 403. The molecular weight excluding hydrogens is 202 g/mol. The third-order valence-electron chi connectivity index (χ3n) is 1.75. The van der Waals surface area contributed by atoms with Gasteiger partial charge >= 0.3 is 0 Å². The topological polar surface area (TPSA) is 52.4 Å². The number of benzene rings is 1. The third kappa shape index (κ3) is 1.72. The lowest BCUT2D eigenvalue weighted by molar-refractivity contribution is -0.387. The van der Waals surface area contributed by atoms with Gasteiger partial charge in [-0.05, 0) is 17.8 Å². The number of nitro groups is 1. The highest BCUT2D eigenvalue weighted by Crippen LogP contribution is 2.36. The van der Waals surface area contributed by atoms with Crippen LogP contribution >= 0.6 is 11.8 Å². The fourth-order valence-electron chi connectivity index (χ4n) is 1.03. The average molecular weight is 209 g/mol. The lowest BCUT2D eigenvalue weighted by Gasteiger charge is -2.15. The Morgan fingerprint density at radius 3 is 2.71 bits per heavy atom. The van der Waals surface area contributed by atoms with E-state index < -0.39 is 0 Å². The SMILES string of the molecule is O=[N+]([O-])c1ccccc1SC1=CCO1. The van der Waals surface area contributed by atoms with Gasteiger partial charge in [-0.3, -0.25) is 10.1 Å². The zero-order chi connectivity index (χ0) is 9.97. The molecule has 0 amide bonds. The van der Waals surface area contributed by atoms with E-state index in [1.165, 1.54) is 17.8 Å². The maximum Gasteiger partial charge on any atom is 0.283 e. The summed E-state index contributed by atoms with van der Waals surface area (Å²) in [4.78, 5) is 10.9. The molecule has 72 valence electrons. The van der Waals surface area contributed by atoms with Crippen LogP contribution in [-0.4, -0.2) is 11.5 Å². The van der Waals surface area contributed by atoms with Crippen LogP contribution < -0.4 is 0 Å². The largest absolute Gasteiger partial charge is 0.483 e. The second kappa shape index (κ2) is 3.71. The molecule has 0 saturated heterocycles. The fourth-order valence-corrected chi connectivity index (χ4v) is 1.91. The number of nitro benzene ring substituents is 1. The minimum absolute atomic E-state index is 0.119. The number of hydrogen-bond donors (Lipinski definition) is 0. The summed E-state index contributed by atoms with van der Waals surface area (Å²) in [6, 6.07) is 6.62. The lowest BCUT2D eigenvalue weighted by atomic mass is 10.3. The maximum absolute atomic E-state index is 10.6. The highest BCUT2D eigenvalue weighted by atomic mass is 32.2. The van der Waals surface area contributed by atoms with Crippen molar-refractivity contribution >= 4 is 17.4 Å². The molecule has 0 saturated carbocycles. The Morgan fingerprint density at radius 1 is 1.43 bits per heavy atom. The number of para-hydroxylation sites is 1. The summed E-state index contributed by atoms with van der Waals surface area (Å²) in [5.74, 6) is 0. The first-order valence-corrected chi connectivity index (χ1v) is 4.83. The van der Waals surface area contributed by atoms with Crippen LogP contribution in [0.5, 0.6) is 0 Å². The zero-order valence-electron chi connectivity index (χ0n) is 7.17. The standard InChI is InChI=1S/C9H7NO3S/c11-10(12)7-3-1-2-4-8(7)14-9-5-6-13-9/h1-5H,6H2. The molecule has 1 aliphatic heterocycles. The van der Waals surface area contributed by atoms with Gasteiger partial charge in [-0.25, -0.2) is 0 Å². The highest BCUT2D eigenvalue weighted by Gasteiger charge is 2.17. The number of hydrogen-bond acceptors (Lipinski definition) is 4. The molecule has 1 aromatic rings. The zero-order valence-corrected chi connectivity index (χ0v) is 7.99. The van der Waals surface area contributed by atoms with Crippen molar-refractivity contribution in [3.05, 3.63) is 45.5 Å². The Morgan fingerprint density at radius 2 is 2.14 bits per heavy atom. The average Bonchev–Trinajstić information content (AvgIpc) is 2.12. The summed E-state index contributed by atoms with van der Waals surface area (Å²) in [6.45, 7) is 0.600. The van der Waals surface area contributed by atoms with Crippen LogP contribution in [0.2, 0.25) is 0 Å². The molecule has 14 heavy (non-hydrogen) atoms. The number of nitrogens with zero attached hydrogens (tertiary/aromatic N) is 1. The van der Waals surface area contributed by atoms with Gasteiger partial charge in [0.05, 0.1) is 9.82 Å². The van der Waals surface area contributed by atoms with E-state index in [1.54, 1.807) is 18.2 Å². The van der Waals surface area contributed by atoms with E-state index in [1.807, 2.05) is 6.08 Å². The Hall–Kier alpha value is -1.49. The van der Waals surface area contributed by atoms with Gasteiger partial charge < -0.3 is 4.74 Å². The quantitative estimate of drug-likeness (QED) is 0.567. The predicted molar refractivity (Wildman–Crippen MR) is 53.0 cm³/mol. The van der Waals surface area contributed by atoms with E-state index in [-0.39, 0.29) is 10.6 Å². The van der Waals surface area contributed by atoms with E-state index >= 15 is 0 Å². The summed E-state index contributed by atoms with van der Waals surface area (Å²) in [7, 11) is 0. The van der Waals surface area contributed by atoms with Gasteiger partial charge in [0.2, 0.25) is 0 Å². The first-order valence-electron chi connectivity index (χ1n) is 4.01. The number of ether oxygens (including phenoxy) is 1. The molecule has 0 bridgehead atoms. The summed E-state index contributed by atoms with van der Waals surface area (Å²) in [5.41, 5.74) is 0.119. The van der Waals surface area contributed by atoms with Gasteiger partial charge in [0.25, 0.3) is 5.69 Å². The second-order valence-electron chi connectivity index (χ2n) is 2.66. The van der Waals surface area contributed by atoms with Crippen molar-refractivity contribution in [2.45, 2.75) is 4.90 Å². The molecule has 0 N–H and O–H groups in total. The van der Waals surface area contributed by atoms with Crippen LogP contribution in [0.15, 0.2) is 40.3 Å². The van der Waals surface area contributed by atoms with Crippen LogP contribution in [0.4, 0.5) is 5.69 Å². The molecule has 0 spiro atoms. The lowest BCUT2D eigenvalue weighted by Crippen LogP contribution is -2.01. The molecule has 1 aromatic carbocycles. The Balaban J connectivity index is 2.26. The van der Waals surface area contributed by atoms with Gasteiger partial charge in [0, 0.05) is 12.1 Å². The van der Waals surface area contributed by atoms with E-state index in [2.05, 4.69) is 0 Å². The molecule has 0 atom stereocenters. The van der Waals surface area contributed by atoms with Crippen molar-refractivity contribution in [3.8, 4) is 0 Å². The minimum Gasteiger partial charge on any atom is -0.483 e. The van der Waals surface area contributed by atoms with Crippen molar-refractivity contribution in [2.75, 3.05) is 6.61 Å². The van der Waals surface area contributed by atoms with Crippen LogP contribution in [-0.2, 0) is 4.74 Å². The highest BCUT2D eigenvalue weighted by molar-refractivity contribution is 8.03. The molecule has 0 aromatic heterocycles. The molecule has 2 rings (SSSR count). The smallest absolute Gasteiger partial charge is 0.283 e. The van der Waals surface area contributed by atoms with Crippen molar-refractivity contribution in [3.63, 3.8) is 0 Å². The van der Waals surface area contributed by atoms with Crippen LogP contribution in [0, 0.1) is 10.1 Å². The van der Waals surface area contributed by atoms with E-state index in [0.29, 0.717) is 11.5 Å². The fraction of sp³-hybridized carbons (Fsp3) is 0.111. The molecule has 1 heterocycles. The first kappa shape index (κ1) is 9.08. The Labute approximate surface area is 84.7 Å². The predicted octanol–water partition coefficient (Wildman–Crippen LogP) is 2.56. The number of thioether (sulfide) groups is 1. The van der Waals surface area contributed by atoms with Gasteiger partial charge in [0.1, 0.15) is 6.61 Å². The van der Waals surface area contributed by atoms with E-state index in [4.69, 9.17) is 4.74 Å². The molecule has 4 nitrogen and oxygen atoms in total. The number of rotatable bonds is 3. The third-order valence-corrected chi connectivity index (χ3v) is 2.80. The monoisotopic (exact) mass is 209 g/mol. The summed E-state index contributed by atoms with van der Waals surface area (Å²) in [5, 5.41) is 11.4.